The van der Waals surface area contributed by atoms with Gasteiger partial charge in [-0.3, -0.25) is 4.98 Å². The molecular weight excluding hydrogens is 362 g/mol. The van der Waals surface area contributed by atoms with Crippen LogP contribution in [0.4, 0.5) is 4.79 Å². The maximum atomic E-state index is 12.8. The summed E-state index contributed by atoms with van der Waals surface area (Å²) >= 11 is 0. The zero-order valence-electron chi connectivity index (χ0n) is 17.4. The van der Waals surface area contributed by atoms with Gasteiger partial charge in [-0.15, -0.1) is 0 Å². The van der Waals surface area contributed by atoms with Gasteiger partial charge in [-0.05, 0) is 43.0 Å². The van der Waals surface area contributed by atoms with Crippen LogP contribution in [0.3, 0.4) is 0 Å². The molecule has 3 rings (SSSR count). The van der Waals surface area contributed by atoms with Gasteiger partial charge in [0, 0.05) is 44.4 Å². The van der Waals surface area contributed by atoms with Gasteiger partial charge in [0.2, 0.25) is 0 Å². The quantitative estimate of drug-likeness (QED) is 0.630. The summed E-state index contributed by atoms with van der Waals surface area (Å²) in [6, 6.07) is 10.3. The number of carbonyl (C=O) groups excluding carboxylic acids is 1. The van der Waals surface area contributed by atoms with Crippen LogP contribution in [0.2, 0.25) is 0 Å². The van der Waals surface area contributed by atoms with E-state index in [9.17, 15) is 4.79 Å². The standard InChI is InChI=1S/C23H29N5O/c1-4-9-26-23(29)28(15-20-6-5-10-24-14-20)17-22-25-11-12-27(22)16-21-13-18(2)7-8-19(21)3/h5-8,10-14H,4,9,15-17H2,1-3H3,(H,26,29). The van der Waals surface area contributed by atoms with Crippen LogP contribution in [0.5, 0.6) is 0 Å². The van der Waals surface area contributed by atoms with Gasteiger partial charge in [0.25, 0.3) is 0 Å². The molecule has 0 aliphatic heterocycles. The summed E-state index contributed by atoms with van der Waals surface area (Å²) in [5.41, 5.74) is 4.75. The number of pyridine rings is 1. The van der Waals surface area contributed by atoms with E-state index in [2.05, 4.69) is 51.9 Å². The number of benzene rings is 1. The highest BCUT2D eigenvalue weighted by molar-refractivity contribution is 5.74. The van der Waals surface area contributed by atoms with E-state index in [0.717, 1.165) is 24.4 Å². The number of nitrogens with zero attached hydrogens (tertiary/aromatic N) is 4. The highest BCUT2D eigenvalue weighted by atomic mass is 16.2. The van der Waals surface area contributed by atoms with Crippen molar-refractivity contribution in [3.8, 4) is 0 Å². The number of nitrogens with one attached hydrogen (secondary N) is 1. The molecule has 0 unspecified atom stereocenters. The van der Waals surface area contributed by atoms with E-state index in [4.69, 9.17) is 0 Å². The van der Waals surface area contributed by atoms with Crippen molar-refractivity contribution < 1.29 is 4.79 Å². The van der Waals surface area contributed by atoms with Crippen LogP contribution in [0.1, 0.15) is 41.4 Å². The fourth-order valence-corrected chi connectivity index (χ4v) is 3.22. The Hall–Kier alpha value is -3.15. The van der Waals surface area contributed by atoms with Gasteiger partial charge in [0.1, 0.15) is 5.82 Å². The molecule has 2 amide bonds. The van der Waals surface area contributed by atoms with Crippen LogP contribution < -0.4 is 5.32 Å². The Balaban J connectivity index is 1.79. The molecular formula is C23H29N5O. The second-order valence-electron chi connectivity index (χ2n) is 7.35. The molecule has 0 saturated heterocycles. The maximum absolute atomic E-state index is 12.8. The van der Waals surface area contributed by atoms with Crippen LogP contribution in [0.15, 0.2) is 55.1 Å². The third-order valence-corrected chi connectivity index (χ3v) is 4.89. The van der Waals surface area contributed by atoms with Gasteiger partial charge in [-0.25, -0.2) is 9.78 Å². The summed E-state index contributed by atoms with van der Waals surface area (Å²) in [4.78, 5) is 23.2. The first-order valence-electron chi connectivity index (χ1n) is 10.0. The van der Waals surface area contributed by atoms with Crippen LogP contribution in [-0.4, -0.2) is 32.0 Å². The average molecular weight is 392 g/mol. The smallest absolute Gasteiger partial charge is 0.318 e. The van der Waals surface area contributed by atoms with Crippen molar-refractivity contribution in [2.24, 2.45) is 0 Å². The zero-order valence-corrected chi connectivity index (χ0v) is 17.4. The monoisotopic (exact) mass is 391 g/mol. The third-order valence-electron chi connectivity index (χ3n) is 4.89. The average Bonchev–Trinajstić information content (AvgIpc) is 3.16. The summed E-state index contributed by atoms with van der Waals surface area (Å²) in [5.74, 6) is 0.862. The molecule has 0 bridgehead atoms. The Morgan fingerprint density at radius 1 is 1.17 bits per heavy atom. The van der Waals surface area contributed by atoms with Crippen molar-refractivity contribution in [1.29, 1.82) is 0 Å². The number of urea groups is 1. The summed E-state index contributed by atoms with van der Waals surface area (Å²) in [6.45, 7) is 8.58. The van der Waals surface area contributed by atoms with Gasteiger partial charge < -0.3 is 14.8 Å². The molecule has 2 aromatic heterocycles. The highest BCUT2D eigenvalue weighted by Crippen LogP contribution is 2.15. The Bertz CT molecular complexity index is 935. The molecule has 29 heavy (non-hydrogen) atoms. The normalized spacial score (nSPS) is 10.7. The zero-order chi connectivity index (χ0) is 20.6. The van der Waals surface area contributed by atoms with E-state index in [1.54, 1.807) is 23.5 Å². The largest absolute Gasteiger partial charge is 0.338 e. The van der Waals surface area contributed by atoms with Crippen molar-refractivity contribution in [2.45, 2.75) is 46.8 Å². The first-order valence-corrected chi connectivity index (χ1v) is 10.0. The number of amides is 2. The van der Waals surface area contributed by atoms with Crippen LogP contribution in [0.25, 0.3) is 0 Å². The van der Waals surface area contributed by atoms with Gasteiger partial charge in [-0.2, -0.15) is 0 Å². The first-order chi connectivity index (χ1) is 14.1. The van der Waals surface area contributed by atoms with E-state index in [1.807, 2.05) is 25.3 Å². The summed E-state index contributed by atoms with van der Waals surface area (Å²) in [5, 5.41) is 2.98. The van der Waals surface area contributed by atoms with Gasteiger partial charge in [0.15, 0.2) is 0 Å². The molecule has 1 N–H and O–H groups in total. The molecule has 6 nitrogen and oxygen atoms in total. The van der Waals surface area contributed by atoms with Crippen molar-refractivity contribution >= 4 is 6.03 Å². The van der Waals surface area contributed by atoms with Gasteiger partial charge in [-0.1, -0.05) is 36.8 Å². The lowest BCUT2D eigenvalue weighted by Gasteiger charge is -2.23. The highest BCUT2D eigenvalue weighted by Gasteiger charge is 2.17. The van der Waals surface area contributed by atoms with E-state index in [0.29, 0.717) is 19.6 Å². The van der Waals surface area contributed by atoms with Gasteiger partial charge in [0.05, 0.1) is 6.54 Å². The molecule has 0 fully saturated rings. The minimum Gasteiger partial charge on any atom is -0.338 e. The minimum absolute atomic E-state index is 0.0861. The van der Waals surface area contributed by atoms with Crippen LogP contribution >= 0.6 is 0 Å². The maximum Gasteiger partial charge on any atom is 0.318 e. The number of rotatable bonds is 8. The Morgan fingerprint density at radius 2 is 2.03 bits per heavy atom. The number of hydrogen-bond donors (Lipinski definition) is 1. The predicted octanol–water partition coefficient (Wildman–Crippen LogP) is 4.07. The molecule has 0 saturated carbocycles. The summed E-state index contributed by atoms with van der Waals surface area (Å²) in [6.07, 6.45) is 8.20. The molecule has 1 aromatic carbocycles. The summed E-state index contributed by atoms with van der Waals surface area (Å²) < 4.78 is 2.12. The van der Waals surface area contributed by atoms with Crippen LogP contribution in [0, 0.1) is 13.8 Å². The fraction of sp³-hybridized carbons (Fsp3) is 0.348. The molecule has 0 radical (unpaired) electrons. The molecule has 0 spiro atoms. The topological polar surface area (TPSA) is 63.1 Å². The van der Waals surface area contributed by atoms with Crippen molar-refractivity contribution in [2.75, 3.05) is 6.54 Å². The van der Waals surface area contributed by atoms with E-state index >= 15 is 0 Å². The SMILES string of the molecule is CCCNC(=O)N(Cc1cccnc1)Cc1nccn1Cc1cc(C)ccc1C. The number of hydrogen-bond acceptors (Lipinski definition) is 3. The predicted molar refractivity (Wildman–Crippen MR) is 114 cm³/mol. The molecule has 2 heterocycles. The van der Waals surface area contributed by atoms with Gasteiger partial charge >= 0.3 is 6.03 Å². The number of carbonyl (C=O) groups is 1. The molecule has 0 aliphatic carbocycles. The number of imidazole rings is 1. The van der Waals surface area contributed by atoms with Crippen molar-refractivity contribution in [3.05, 3.63) is 83.2 Å². The second-order valence-corrected chi connectivity index (χ2v) is 7.35. The molecule has 0 aliphatic rings. The third kappa shape index (κ3) is 5.67. The molecule has 0 atom stereocenters. The second kappa shape index (κ2) is 9.87. The Labute approximate surface area is 172 Å². The Kier molecular flexibility index (Phi) is 7.00. The van der Waals surface area contributed by atoms with E-state index in [-0.39, 0.29) is 6.03 Å². The molecule has 152 valence electrons. The lowest BCUT2D eigenvalue weighted by atomic mass is 10.1. The Morgan fingerprint density at radius 3 is 2.79 bits per heavy atom. The molecule has 6 heteroatoms. The summed E-state index contributed by atoms with van der Waals surface area (Å²) in [7, 11) is 0. The first kappa shape index (κ1) is 20.6. The fourth-order valence-electron chi connectivity index (χ4n) is 3.22. The minimum atomic E-state index is -0.0861. The number of aromatic nitrogens is 3. The lowest BCUT2D eigenvalue weighted by molar-refractivity contribution is 0.190. The van der Waals surface area contributed by atoms with Crippen LogP contribution in [-0.2, 0) is 19.6 Å². The van der Waals surface area contributed by atoms with E-state index in [1.165, 1.54) is 16.7 Å². The van der Waals surface area contributed by atoms with E-state index < -0.39 is 0 Å². The number of aryl methyl sites for hydroxylation is 2. The molecule has 3 aromatic rings. The lowest BCUT2D eigenvalue weighted by Crippen LogP contribution is -2.40. The van der Waals surface area contributed by atoms with Crippen molar-refractivity contribution in [1.82, 2.24) is 24.8 Å². The van der Waals surface area contributed by atoms with Crippen molar-refractivity contribution in [3.63, 3.8) is 0 Å².